The van der Waals surface area contributed by atoms with Crippen LogP contribution in [-0.4, -0.2) is 31.1 Å². The molecule has 6 nitrogen and oxygen atoms in total. The van der Waals surface area contributed by atoms with Crippen LogP contribution in [0.15, 0.2) is 78.0 Å². The molecule has 2 N–H and O–H groups in total. The molecule has 0 unspecified atom stereocenters. The molecule has 0 aliphatic rings. The minimum Gasteiger partial charge on any atom is -0.492 e. The summed E-state index contributed by atoms with van der Waals surface area (Å²) in [7, 11) is 1.68. The van der Waals surface area contributed by atoms with Gasteiger partial charge >= 0.3 is 0 Å². The first-order valence-corrected chi connectivity index (χ1v) is 9.23. The van der Waals surface area contributed by atoms with Crippen molar-refractivity contribution in [1.29, 1.82) is 0 Å². The molecule has 0 aliphatic carbocycles. The highest BCUT2D eigenvalue weighted by molar-refractivity contribution is 5.79. The maximum Gasteiger partial charge on any atom is 0.191 e. The van der Waals surface area contributed by atoms with Gasteiger partial charge in [-0.2, -0.15) is 0 Å². The van der Waals surface area contributed by atoms with Crippen molar-refractivity contribution in [3.05, 3.63) is 84.4 Å². The molecule has 0 bridgehead atoms. The first-order valence-electron chi connectivity index (χ1n) is 9.23. The summed E-state index contributed by atoms with van der Waals surface area (Å²) in [6.45, 7) is 1.50. The number of halogens is 1. The van der Waals surface area contributed by atoms with Crippen LogP contribution >= 0.6 is 0 Å². The monoisotopic (exact) mass is 394 g/mol. The smallest absolute Gasteiger partial charge is 0.191 e. The second-order valence-corrected chi connectivity index (χ2v) is 6.07. The van der Waals surface area contributed by atoms with E-state index in [1.807, 2.05) is 30.3 Å². The van der Waals surface area contributed by atoms with Gasteiger partial charge in [0.25, 0.3) is 0 Å². The number of benzene rings is 2. The van der Waals surface area contributed by atoms with Crippen molar-refractivity contribution < 1.29 is 13.9 Å². The number of aliphatic imine (C=N–C) groups is 1. The molecule has 3 aromatic rings. The van der Waals surface area contributed by atoms with Crippen LogP contribution in [0, 0.1) is 5.82 Å². The van der Waals surface area contributed by atoms with E-state index in [4.69, 9.17) is 9.47 Å². The van der Waals surface area contributed by atoms with Crippen LogP contribution in [0.2, 0.25) is 0 Å². The molecule has 0 radical (unpaired) electrons. The van der Waals surface area contributed by atoms with E-state index in [1.54, 1.807) is 37.5 Å². The molecule has 0 saturated heterocycles. The van der Waals surface area contributed by atoms with E-state index >= 15 is 0 Å². The minimum atomic E-state index is -0.438. The second-order valence-electron chi connectivity index (χ2n) is 6.07. The summed E-state index contributed by atoms with van der Waals surface area (Å²) in [5.74, 6) is 1.63. The molecule has 3 rings (SSSR count). The third-order valence-corrected chi connectivity index (χ3v) is 3.95. The summed E-state index contributed by atoms with van der Waals surface area (Å²) in [5.41, 5.74) is 0.768. The van der Waals surface area contributed by atoms with Gasteiger partial charge in [-0.15, -0.1) is 0 Å². The number of pyridine rings is 1. The van der Waals surface area contributed by atoms with Crippen LogP contribution in [0.3, 0.4) is 0 Å². The summed E-state index contributed by atoms with van der Waals surface area (Å²) >= 11 is 0. The van der Waals surface area contributed by atoms with Gasteiger partial charge in [0.1, 0.15) is 18.1 Å². The largest absolute Gasteiger partial charge is 0.492 e. The predicted octanol–water partition coefficient (Wildman–Crippen LogP) is 3.76. The fraction of sp³-hybridized carbons (Fsp3) is 0.182. The fourth-order valence-corrected chi connectivity index (χ4v) is 2.53. The first-order chi connectivity index (χ1) is 14.2. The average molecular weight is 394 g/mol. The van der Waals surface area contributed by atoms with E-state index in [0.29, 0.717) is 31.4 Å². The van der Waals surface area contributed by atoms with Crippen LogP contribution in [0.5, 0.6) is 17.2 Å². The van der Waals surface area contributed by atoms with Gasteiger partial charge in [0, 0.05) is 19.8 Å². The number of hydrogen-bond acceptors (Lipinski definition) is 4. The molecular weight excluding hydrogens is 371 g/mol. The number of nitrogens with one attached hydrogen (secondary N) is 2. The Morgan fingerprint density at radius 3 is 2.59 bits per heavy atom. The summed E-state index contributed by atoms with van der Waals surface area (Å²) in [4.78, 5) is 8.10. The zero-order valence-corrected chi connectivity index (χ0v) is 16.1. The van der Waals surface area contributed by atoms with E-state index in [1.165, 1.54) is 12.3 Å². The lowest BCUT2D eigenvalue weighted by molar-refractivity contribution is 0.322. The third-order valence-electron chi connectivity index (χ3n) is 3.95. The summed E-state index contributed by atoms with van der Waals surface area (Å²) in [6.07, 6.45) is 3.17. The molecule has 7 heteroatoms. The molecule has 0 saturated carbocycles. The first kappa shape index (κ1) is 20.1. The van der Waals surface area contributed by atoms with E-state index < -0.39 is 5.82 Å². The van der Waals surface area contributed by atoms with Gasteiger partial charge in [-0.05, 0) is 42.0 Å². The Kier molecular flexibility index (Phi) is 7.40. The van der Waals surface area contributed by atoms with Gasteiger partial charge < -0.3 is 20.1 Å². The Hall–Kier alpha value is -3.61. The van der Waals surface area contributed by atoms with Crippen LogP contribution in [0.1, 0.15) is 5.56 Å². The fourth-order valence-electron chi connectivity index (χ4n) is 2.53. The number of guanidine groups is 1. The standard InChI is InChI=1S/C22H23FN4O2/c1-24-22(26-12-13-28-18-6-3-2-4-7-18)27-15-17-9-10-21(20(23)14-17)29-19-8-5-11-25-16-19/h2-11,14,16H,12-13,15H2,1H3,(H2,24,26,27). The maximum absolute atomic E-state index is 14.3. The lowest BCUT2D eigenvalue weighted by Crippen LogP contribution is -2.38. The molecule has 150 valence electrons. The molecule has 0 fully saturated rings. The third kappa shape index (κ3) is 6.49. The van der Waals surface area contributed by atoms with Gasteiger partial charge in [0.2, 0.25) is 0 Å². The van der Waals surface area contributed by atoms with Crippen LogP contribution < -0.4 is 20.1 Å². The molecule has 0 atom stereocenters. The highest BCUT2D eigenvalue weighted by atomic mass is 19.1. The van der Waals surface area contributed by atoms with Crippen LogP contribution in [0.25, 0.3) is 0 Å². The maximum atomic E-state index is 14.3. The lowest BCUT2D eigenvalue weighted by Gasteiger charge is -2.13. The zero-order chi connectivity index (χ0) is 20.3. The van der Waals surface area contributed by atoms with Crippen LogP contribution in [-0.2, 0) is 6.54 Å². The van der Waals surface area contributed by atoms with E-state index in [2.05, 4.69) is 20.6 Å². The van der Waals surface area contributed by atoms with Crippen molar-refractivity contribution in [2.45, 2.75) is 6.54 Å². The van der Waals surface area contributed by atoms with Crippen molar-refractivity contribution in [1.82, 2.24) is 15.6 Å². The van der Waals surface area contributed by atoms with Crippen LogP contribution in [0.4, 0.5) is 4.39 Å². The van der Waals surface area contributed by atoms with E-state index in [-0.39, 0.29) is 5.75 Å². The Labute approximate surface area is 169 Å². The highest BCUT2D eigenvalue weighted by Crippen LogP contribution is 2.24. The Bertz CT molecular complexity index is 921. The molecule has 0 spiro atoms. The van der Waals surface area contributed by atoms with E-state index in [0.717, 1.165) is 11.3 Å². The molecule has 29 heavy (non-hydrogen) atoms. The molecule has 1 heterocycles. The Morgan fingerprint density at radius 1 is 1.03 bits per heavy atom. The molecule has 0 amide bonds. The van der Waals surface area contributed by atoms with Crippen molar-refractivity contribution in [3.8, 4) is 17.2 Å². The van der Waals surface area contributed by atoms with Gasteiger partial charge in [-0.25, -0.2) is 4.39 Å². The summed E-state index contributed by atoms with van der Waals surface area (Å²) in [5, 5.41) is 6.30. The van der Waals surface area contributed by atoms with Gasteiger partial charge in [0.05, 0.1) is 12.7 Å². The SMILES string of the molecule is CN=C(NCCOc1ccccc1)NCc1ccc(Oc2cccnc2)c(F)c1. The molecule has 1 aromatic heterocycles. The quantitative estimate of drug-likeness (QED) is 0.346. The minimum absolute atomic E-state index is 0.155. The number of aromatic nitrogens is 1. The number of para-hydroxylation sites is 1. The number of rotatable bonds is 8. The number of nitrogens with zero attached hydrogens (tertiary/aromatic N) is 2. The molecular formula is C22H23FN4O2. The number of ether oxygens (including phenoxy) is 2. The Morgan fingerprint density at radius 2 is 1.86 bits per heavy atom. The van der Waals surface area contributed by atoms with E-state index in [9.17, 15) is 4.39 Å². The summed E-state index contributed by atoms with van der Waals surface area (Å²) < 4.78 is 25.4. The number of hydrogen-bond donors (Lipinski definition) is 2. The molecule has 2 aromatic carbocycles. The van der Waals surface area contributed by atoms with Gasteiger partial charge in [-0.3, -0.25) is 9.98 Å². The highest BCUT2D eigenvalue weighted by Gasteiger charge is 2.07. The molecule has 0 aliphatic heterocycles. The van der Waals surface area contributed by atoms with Gasteiger partial charge in [-0.1, -0.05) is 24.3 Å². The second kappa shape index (κ2) is 10.7. The predicted molar refractivity (Wildman–Crippen MR) is 111 cm³/mol. The summed E-state index contributed by atoms with van der Waals surface area (Å²) in [6, 6.07) is 17.9. The van der Waals surface area contributed by atoms with Crippen molar-refractivity contribution in [2.75, 3.05) is 20.2 Å². The topological polar surface area (TPSA) is 67.8 Å². The lowest BCUT2D eigenvalue weighted by atomic mass is 10.2. The zero-order valence-electron chi connectivity index (χ0n) is 16.1. The Balaban J connectivity index is 1.44. The van der Waals surface area contributed by atoms with Crippen molar-refractivity contribution >= 4 is 5.96 Å². The van der Waals surface area contributed by atoms with Crippen molar-refractivity contribution in [2.24, 2.45) is 4.99 Å². The normalized spacial score (nSPS) is 11.0. The average Bonchev–Trinajstić information content (AvgIpc) is 2.76. The van der Waals surface area contributed by atoms with Gasteiger partial charge in [0.15, 0.2) is 17.5 Å². The van der Waals surface area contributed by atoms with Crippen molar-refractivity contribution in [3.63, 3.8) is 0 Å².